The number of halogens is 3. The molecule has 0 saturated heterocycles. The third-order valence-electron chi connectivity index (χ3n) is 5.08. The van der Waals surface area contributed by atoms with Crippen molar-refractivity contribution in [3.63, 3.8) is 0 Å². The van der Waals surface area contributed by atoms with Crippen LogP contribution in [-0.2, 0) is 43.5 Å². The van der Waals surface area contributed by atoms with E-state index in [2.05, 4.69) is 9.46 Å². The van der Waals surface area contributed by atoms with Crippen LogP contribution in [0.4, 0.5) is 18.9 Å². The van der Waals surface area contributed by atoms with Gasteiger partial charge in [-0.2, -0.15) is 13.2 Å². The van der Waals surface area contributed by atoms with Crippen molar-refractivity contribution in [2.45, 2.75) is 24.1 Å². The number of anilines is 1. The lowest BCUT2D eigenvalue weighted by molar-refractivity contribution is -0.153. The molecule has 0 unspecified atom stereocenters. The number of rotatable bonds is 11. The lowest BCUT2D eigenvalue weighted by Gasteiger charge is -2.17. The van der Waals surface area contributed by atoms with E-state index in [-0.39, 0.29) is 35.1 Å². The van der Waals surface area contributed by atoms with Crippen molar-refractivity contribution in [3.05, 3.63) is 89.0 Å². The van der Waals surface area contributed by atoms with E-state index in [0.29, 0.717) is 17.7 Å². The minimum absolute atomic E-state index is 0.00559. The Bertz CT molecular complexity index is 1410. The number of benzene rings is 3. The minimum atomic E-state index is -4.73. The molecule has 0 aliphatic rings. The number of nitrogens with one attached hydrogen (secondary N) is 1. The molecule has 0 heterocycles. The van der Waals surface area contributed by atoms with Gasteiger partial charge in [0.25, 0.3) is 10.0 Å². The van der Waals surface area contributed by atoms with Crippen LogP contribution >= 0.6 is 0 Å². The van der Waals surface area contributed by atoms with Gasteiger partial charge in [0.15, 0.2) is 6.79 Å². The molecule has 3 aromatic rings. The van der Waals surface area contributed by atoms with Crippen LogP contribution in [0.3, 0.4) is 0 Å². The lowest BCUT2D eigenvalue weighted by atomic mass is 10.1. The normalized spacial score (nSPS) is 11.6. The first-order chi connectivity index (χ1) is 17.9. The Hall–Kier alpha value is -4.10. The van der Waals surface area contributed by atoms with Crippen LogP contribution < -0.4 is 9.46 Å². The van der Waals surface area contributed by atoms with Gasteiger partial charge in [0.2, 0.25) is 0 Å². The molecule has 13 heteroatoms. The number of methoxy groups -OCH3 is 1. The number of hydrogen-bond acceptors (Lipinski definition) is 7. The van der Waals surface area contributed by atoms with Crippen molar-refractivity contribution in [1.29, 1.82) is 0 Å². The summed E-state index contributed by atoms with van der Waals surface area (Å²) in [4.78, 5) is 22.7. The SMILES string of the molecule is COCOC(=O)Cc1ccccc1S(=O)(=O)Nc1ccc(C(F)(F)F)cc1OCc1ccc(C(=O)O)cc1. The van der Waals surface area contributed by atoms with E-state index in [1.54, 1.807) is 0 Å². The molecule has 9 nitrogen and oxygen atoms in total. The summed E-state index contributed by atoms with van der Waals surface area (Å²) in [5.74, 6) is -2.32. The number of carbonyl (C=O) groups excluding carboxylic acids is 1. The molecule has 0 saturated carbocycles. The highest BCUT2D eigenvalue weighted by Gasteiger charge is 2.32. The Morgan fingerprint density at radius 2 is 1.68 bits per heavy atom. The van der Waals surface area contributed by atoms with Crippen molar-refractivity contribution in [3.8, 4) is 5.75 Å². The molecule has 2 N–H and O–H groups in total. The standard InChI is InChI=1S/C25H22F3NO8S/c1-35-15-37-23(30)12-18-4-2-3-5-22(18)38(33,34)29-20-11-10-19(25(26,27)28)13-21(20)36-14-16-6-8-17(9-7-16)24(31)32/h2-11,13,29H,12,14-15H2,1H3,(H,31,32). The van der Waals surface area contributed by atoms with Crippen molar-refractivity contribution in [2.24, 2.45) is 0 Å². The quantitative estimate of drug-likeness (QED) is 0.263. The molecule has 3 aromatic carbocycles. The van der Waals surface area contributed by atoms with Crippen molar-refractivity contribution < 1.29 is 50.5 Å². The Morgan fingerprint density at radius 1 is 1.00 bits per heavy atom. The zero-order valence-corrected chi connectivity index (χ0v) is 20.6. The molecular formula is C25H22F3NO8S. The van der Waals surface area contributed by atoms with Crippen molar-refractivity contribution in [2.75, 3.05) is 18.6 Å². The van der Waals surface area contributed by atoms with Crippen molar-refractivity contribution in [1.82, 2.24) is 0 Å². The van der Waals surface area contributed by atoms with E-state index in [1.807, 2.05) is 0 Å². The van der Waals surface area contributed by atoms with Gasteiger partial charge in [-0.3, -0.25) is 9.52 Å². The second-order valence-electron chi connectivity index (χ2n) is 7.81. The van der Waals surface area contributed by atoms with Gasteiger partial charge >= 0.3 is 18.1 Å². The number of carboxylic acid groups (broad SMARTS) is 1. The number of hydrogen-bond donors (Lipinski definition) is 2. The number of sulfonamides is 1. The summed E-state index contributed by atoms with van der Waals surface area (Å²) in [7, 11) is -3.08. The van der Waals surface area contributed by atoms with Gasteiger partial charge in [0, 0.05) is 7.11 Å². The first kappa shape index (κ1) is 28.5. The fourth-order valence-electron chi connectivity index (χ4n) is 3.25. The average Bonchev–Trinajstić information content (AvgIpc) is 2.86. The van der Waals surface area contributed by atoms with Gasteiger partial charge in [0.1, 0.15) is 12.4 Å². The third kappa shape index (κ3) is 7.46. The maximum absolute atomic E-state index is 13.3. The van der Waals surface area contributed by atoms with Crippen LogP contribution in [-0.4, -0.2) is 39.4 Å². The van der Waals surface area contributed by atoms with Crippen LogP contribution in [0.15, 0.2) is 71.6 Å². The van der Waals surface area contributed by atoms with Gasteiger partial charge in [-0.05, 0) is 47.5 Å². The molecule has 38 heavy (non-hydrogen) atoms. The first-order valence-corrected chi connectivity index (χ1v) is 12.3. The Labute approximate surface area is 215 Å². The number of carboxylic acids is 1. The van der Waals surface area contributed by atoms with E-state index in [0.717, 1.165) is 6.07 Å². The molecule has 3 rings (SSSR count). The maximum Gasteiger partial charge on any atom is 0.416 e. The number of alkyl halides is 3. The maximum atomic E-state index is 13.3. The Morgan fingerprint density at radius 3 is 2.32 bits per heavy atom. The summed E-state index contributed by atoms with van der Waals surface area (Å²) in [5, 5.41) is 9.00. The topological polar surface area (TPSA) is 128 Å². The highest BCUT2D eigenvalue weighted by atomic mass is 32.2. The van der Waals surface area contributed by atoms with E-state index in [9.17, 15) is 31.2 Å². The smallest absolute Gasteiger partial charge is 0.416 e. The van der Waals surface area contributed by atoms with Crippen LogP contribution in [0, 0.1) is 0 Å². The molecule has 0 bridgehead atoms. The first-order valence-electron chi connectivity index (χ1n) is 10.8. The largest absolute Gasteiger partial charge is 0.487 e. The molecule has 0 amide bonds. The number of esters is 1. The summed E-state index contributed by atoms with van der Waals surface area (Å²) >= 11 is 0. The number of ether oxygens (including phenoxy) is 3. The van der Waals surface area contributed by atoms with Gasteiger partial charge < -0.3 is 19.3 Å². The second-order valence-corrected chi connectivity index (χ2v) is 9.46. The van der Waals surface area contributed by atoms with Crippen LogP contribution in [0.1, 0.15) is 27.0 Å². The summed E-state index contributed by atoms with van der Waals surface area (Å²) in [6.07, 6.45) is -5.13. The molecule has 0 fully saturated rings. The third-order valence-corrected chi connectivity index (χ3v) is 6.55. The van der Waals surface area contributed by atoms with Crippen LogP contribution in [0.25, 0.3) is 0 Å². The predicted molar refractivity (Wildman–Crippen MR) is 128 cm³/mol. The number of aromatic carboxylic acids is 1. The fourth-order valence-corrected chi connectivity index (χ4v) is 4.56. The van der Waals surface area contributed by atoms with Gasteiger partial charge in [0.05, 0.1) is 28.1 Å². The van der Waals surface area contributed by atoms with Crippen LogP contribution in [0.5, 0.6) is 5.75 Å². The summed E-state index contributed by atoms with van der Waals surface area (Å²) in [6.45, 7) is -0.602. The zero-order valence-electron chi connectivity index (χ0n) is 19.8. The second kappa shape index (κ2) is 12.0. The summed E-state index contributed by atoms with van der Waals surface area (Å²) < 4.78 is 83.6. The van der Waals surface area contributed by atoms with E-state index < -0.39 is 45.9 Å². The lowest BCUT2D eigenvalue weighted by Crippen LogP contribution is -2.18. The van der Waals surface area contributed by atoms with Gasteiger partial charge in [-0.1, -0.05) is 30.3 Å². The predicted octanol–water partition coefficient (Wildman–Crippen LogP) is 4.47. The number of carbonyl (C=O) groups is 2. The Kier molecular flexibility index (Phi) is 8.96. The molecule has 0 radical (unpaired) electrons. The average molecular weight is 554 g/mol. The molecule has 0 aliphatic heterocycles. The summed E-state index contributed by atoms with van der Waals surface area (Å²) in [6, 6.07) is 13.3. The summed E-state index contributed by atoms with van der Waals surface area (Å²) in [5.41, 5.74) is -0.823. The molecule has 0 aromatic heterocycles. The van der Waals surface area contributed by atoms with E-state index in [1.165, 1.54) is 55.6 Å². The Balaban J connectivity index is 1.90. The van der Waals surface area contributed by atoms with Gasteiger partial charge in [-0.15, -0.1) is 0 Å². The van der Waals surface area contributed by atoms with E-state index >= 15 is 0 Å². The molecule has 0 atom stereocenters. The van der Waals surface area contributed by atoms with Gasteiger partial charge in [-0.25, -0.2) is 13.2 Å². The van der Waals surface area contributed by atoms with Crippen LogP contribution in [0.2, 0.25) is 0 Å². The molecular weight excluding hydrogens is 531 g/mol. The van der Waals surface area contributed by atoms with E-state index in [4.69, 9.17) is 14.6 Å². The fraction of sp³-hybridized carbons (Fsp3) is 0.200. The zero-order chi connectivity index (χ0) is 27.9. The molecule has 0 aliphatic carbocycles. The highest BCUT2D eigenvalue weighted by Crippen LogP contribution is 2.36. The monoisotopic (exact) mass is 553 g/mol. The molecule has 0 spiro atoms. The minimum Gasteiger partial charge on any atom is -0.487 e. The highest BCUT2D eigenvalue weighted by molar-refractivity contribution is 7.92. The van der Waals surface area contributed by atoms with Crippen molar-refractivity contribution >= 4 is 27.6 Å². The molecule has 202 valence electrons.